The monoisotopic (exact) mass is 230 g/mol. The lowest BCUT2D eigenvalue weighted by Gasteiger charge is -2.12. The van der Waals surface area contributed by atoms with E-state index in [1.54, 1.807) is 23.3 Å². The van der Waals surface area contributed by atoms with Crippen molar-refractivity contribution in [2.45, 2.75) is 13.0 Å². The highest BCUT2D eigenvalue weighted by molar-refractivity contribution is 5.70. The van der Waals surface area contributed by atoms with Gasteiger partial charge in [-0.3, -0.25) is 4.79 Å². The third-order valence-corrected chi connectivity index (χ3v) is 2.66. The van der Waals surface area contributed by atoms with E-state index in [4.69, 9.17) is 0 Å². The molecule has 0 aliphatic carbocycles. The van der Waals surface area contributed by atoms with Crippen LogP contribution in [0.2, 0.25) is 0 Å². The maximum Gasteiger partial charge on any atom is 0.308 e. The van der Waals surface area contributed by atoms with Crippen LogP contribution in [0.5, 0.6) is 0 Å². The van der Waals surface area contributed by atoms with Crippen LogP contribution in [0.25, 0.3) is 0 Å². The summed E-state index contributed by atoms with van der Waals surface area (Å²) in [7, 11) is 0. The molecule has 0 aliphatic rings. The van der Waals surface area contributed by atoms with Gasteiger partial charge < -0.3 is 9.67 Å². The van der Waals surface area contributed by atoms with Crippen molar-refractivity contribution < 1.29 is 9.90 Å². The number of hydrogen-bond donors (Lipinski definition) is 1. The maximum atomic E-state index is 11.2. The van der Waals surface area contributed by atoms with Gasteiger partial charge in [-0.05, 0) is 12.0 Å². The highest BCUT2D eigenvalue weighted by Gasteiger charge is 2.18. The first-order valence-corrected chi connectivity index (χ1v) is 5.48. The fourth-order valence-corrected chi connectivity index (χ4v) is 1.78. The molecule has 0 aliphatic heterocycles. The second-order valence-corrected chi connectivity index (χ2v) is 3.98. The fraction of sp³-hybridized carbons (Fsp3) is 0.231. The quantitative estimate of drug-likeness (QED) is 0.852. The standard InChI is InChI=1S/C13H14N2O2/c16-13(17)12(9-15-7-6-14-10-15)8-11-4-2-1-3-5-11/h1-7,10,12H,8-9H2,(H,16,17)/t12-/m0/s1. The van der Waals surface area contributed by atoms with Crippen molar-refractivity contribution in [1.82, 2.24) is 9.55 Å². The molecule has 1 N–H and O–H groups in total. The molecule has 88 valence electrons. The van der Waals surface area contributed by atoms with E-state index < -0.39 is 11.9 Å². The van der Waals surface area contributed by atoms with Gasteiger partial charge in [0.1, 0.15) is 0 Å². The van der Waals surface area contributed by atoms with Crippen LogP contribution in [0.1, 0.15) is 5.56 Å². The van der Waals surface area contributed by atoms with E-state index >= 15 is 0 Å². The van der Waals surface area contributed by atoms with Gasteiger partial charge in [0.05, 0.1) is 12.2 Å². The largest absolute Gasteiger partial charge is 0.481 e. The molecule has 0 saturated carbocycles. The topological polar surface area (TPSA) is 55.1 Å². The Morgan fingerprint density at radius 2 is 2.12 bits per heavy atom. The number of nitrogens with zero attached hydrogens (tertiary/aromatic N) is 2. The molecule has 4 nitrogen and oxygen atoms in total. The molecule has 1 heterocycles. The highest BCUT2D eigenvalue weighted by atomic mass is 16.4. The van der Waals surface area contributed by atoms with E-state index in [2.05, 4.69) is 4.98 Å². The Kier molecular flexibility index (Phi) is 3.55. The van der Waals surface area contributed by atoms with Crippen molar-refractivity contribution in [1.29, 1.82) is 0 Å². The van der Waals surface area contributed by atoms with Crippen LogP contribution in [0.3, 0.4) is 0 Å². The van der Waals surface area contributed by atoms with Gasteiger partial charge in [-0.1, -0.05) is 30.3 Å². The minimum absolute atomic E-state index is 0.424. The van der Waals surface area contributed by atoms with Crippen LogP contribution in [0.15, 0.2) is 49.1 Å². The first-order chi connectivity index (χ1) is 8.25. The van der Waals surface area contributed by atoms with Gasteiger partial charge in [0.15, 0.2) is 0 Å². The van der Waals surface area contributed by atoms with Crippen LogP contribution in [0.4, 0.5) is 0 Å². The predicted octanol–water partition coefficient (Wildman–Crippen LogP) is 1.83. The molecular formula is C13H14N2O2. The van der Waals surface area contributed by atoms with E-state index in [0.717, 1.165) is 5.56 Å². The normalized spacial score (nSPS) is 12.2. The van der Waals surface area contributed by atoms with Gasteiger partial charge in [-0.2, -0.15) is 0 Å². The lowest BCUT2D eigenvalue weighted by molar-refractivity contribution is -0.142. The van der Waals surface area contributed by atoms with E-state index in [0.29, 0.717) is 13.0 Å². The summed E-state index contributed by atoms with van der Waals surface area (Å²) in [5.41, 5.74) is 1.04. The summed E-state index contributed by atoms with van der Waals surface area (Å²) in [4.78, 5) is 15.1. The second-order valence-electron chi connectivity index (χ2n) is 3.98. The van der Waals surface area contributed by atoms with Crippen LogP contribution >= 0.6 is 0 Å². The van der Waals surface area contributed by atoms with Crippen molar-refractivity contribution >= 4 is 5.97 Å². The Balaban J connectivity index is 2.06. The zero-order chi connectivity index (χ0) is 12.1. The zero-order valence-corrected chi connectivity index (χ0v) is 9.36. The minimum atomic E-state index is -0.775. The van der Waals surface area contributed by atoms with E-state index in [1.807, 2.05) is 30.3 Å². The number of carboxylic acids is 1. The number of hydrogen-bond acceptors (Lipinski definition) is 2. The SMILES string of the molecule is O=C(O)[C@@H](Cc1ccccc1)Cn1ccnc1. The number of benzene rings is 1. The molecule has 0 saturated heterocycles. The Hall–Kier alpha value is -2.10. The molecule has 2 rings (SSSR count). The lowest BCUT2D eigenvalue weighted by atomic mass is 9.99. The summed E-state index contributed by atoms with van der Waals surface area (Å²) >= 11 is 0. The van der Waals surface area contributed by atoms with Gasteiger partial charge in [0, 0.05) is 18.9 Å². The summed E-state index contributed by atoms with van der Waals surface area (Å²) in [6, 6.07) is 9.67. The Bertz CT molecular complexity index is 465. The Morgan fingerprint density at radius 3 is 2.71 bits per heavy atom. The maximum absolute atomic E-state index is 11.2. The first kappa shape index (κ1) is 11.4. The van der Waals surface area contributed by atoms with Gasteiger partial charge in [-0.15, -0.1) is 0 Å². The Morgan fingerprint density at radius 1 is 1.35 bits per heavy atom. The Labute approximate surface area is 99.5 Å². The first-order valence-electron chi connectivity index (χ1n) is 5.48. The fourth-order valence-electron chi connectivity index (χ4n) is 1.78. The molecule has 17 heavy (non-hydrogen) atoms. The van der Waals surface area contributed by atoms with Crippen LogP contribution in [-0.4, -0.2) is 20.6 Å². The number of aromatic nitrogens is 2. The molecule has 4 heteroatoms. The third kappa shape index (κ3) is 3.17. The lowest BCUT2D eigenvalue weighted by Crippen LogP contribution is -2.21. The molecule has 1 aromatic carbocycles. The molecule has 1 atom stereocenters. The van der Waals surface area contributed by atoms with Gasteiger partial charge in [0.2, 0.25) is 0 Å². The van der Waals surface area contributed by atoms with Gasteiger partial charge in [0.25, 0.3) is 0 Å². The van der Waals surface area contributed by atoms with Gasteiger partial charge >= 0.3 is 5.97 Å². The number of aliphatic carboxylic acids is 1. The van der Waals surface area contributed by atoms with Crippen molar-refractivity contribution in [3.63, 3.8) is 0 Å². The number of imidazole rings is 1. The predicted molar refractivity (Wildman–Crippen MR) is 63.5 cm³/mol. The smallest absolute Gasteiger partial charge is 0.308 e. The average Bonchev–Trinajstić information content (AvgIpc) is 2.82. The summed E-state index contributed by atoms with van der Waals surface area (Å²) in [5.74, 6) is -1.20. The molecule has 2 aromatic rings. The van der Waals surface area contributed by atoms with Crippen LogP contribution < -0.4 is 0 Å². The van der Waals surface area contributed by atoms with Crippen molar-refractivity contribution in [2.75, 3.05) is 0 Å². The molecule has 0 spiro atoms. The van der Waals surface area contributed by atoms with E-state index in [-0.39, 0.29) is 0 Å². The molecule has 0 radical (unpaired) electrons. The highest BCUT2D eigenvalue weighted by Crippen LogP contribution is 2.11. The molecule has 0 unspecified atom stereocenters. The van der Waals surface area contributed by atoms with Crippen molar-refractivity contribution in [3.05, 3.63) is 54.6 Å². The van der Waals surface area contributed by atoms with Crippen LogP contribution in [-0.2, 0) is 17.8 Å². The van der Waals surface area contributed by atoms with Crippen molar-refractivity contribution in [3.8, 4) is 0 Å². The average molecular weight is 230 g/mol. The van der Waals surface area contributed by atoms with Crippen molar-refractivity contribution in [2.24, 2.45) is 5.92 Å². The van der Waals surface area contributed by atoms with Crippen LogP contribution in [0, 0.1) is 5.92 Å². The summed E-state index contributed by atoms with van der Waals surface area (Å²) in [5, 5.41) is 9.20. The second kappa shape index (κ2) is 5.30. The third-order valence-electron chi connectivity index (χ3n) is 2.66. The molecule has 0 bridgehead atoms. The molecule has 1 aromatic heterocycles. The van der Waals surface area contributed by atoms with Gasteiger partial charge in [-0.25, -0.2) is 4.98 Å². The molecule has 0 fully saturated rings. The molecule has 0 amide bonds. The summed E-state index contributed by atoms with van der Waals surface area (Å²) < 4.78 is 1.79. The number of carbonyl (C=O) groups is 1. The summed E-state index contributed by atoms with van der Waals surface area (Å²) in [6.45, 7) is 0.449. The number of carboxylic acid groups (broad SMARTS) is 1. The minimum Gasteiger partial charge on any atom is -0.481 e. The summed E-state index contributed by atoms with van der Waals surface area (Å²) in [6.07, 6.45) is 5.61. The zero-order valence-electron chi connectivity index (χ0n) is 9.36. The van der Waals surface area contributed by atoms with E-state index in [9.17, 15) is 9.90 Å². The molecular weight excluding hydrogens is 216 g/mol. The number of rotatable bonds is 5. The van der Waals surface area contributed by atoms with E-state index in [1.165, 1.54) is 0 Å².